The normalized spacial score (nSPS) is 18.5. The summed E-state index contributed by atoms with van der Waals surface area (Å²) < 4.78 is 1.84. The van der Waals surface area contributed by atoms with Gasteiger partial charge in [-0.05, 0) is 25.5 Å². The van der Waals surface area contributed by atoms with Crippen LogP contribution in [-0.2, 0) is 0 Å². The molecule has 1 fully saturated rings. The first-order chi connectivity index (χ1) is 8.79. The van der Waals surface area contributed by atoms with Crippen molar-refractivity contribution in [1.29, 1.82) is 0 Å². The van der Waals surface area contributed by atoms with Gasteiger partial charge in [0.25, 0.3) is 0 Å². The first kappa shape index (κ1) is 11.4. The Balaban J connectivity index is 1.95. The molecule has 96 valence electrons. The van der Waals surface area contributed by atoms with Crippen LogP contribution in [0.25, 0.3) is 11.2 Å². The van der Waals surface area contributed by atoms with Gasteiger partial charge >= 0.3 is 5.69 Å². The zero-order chi connectivity index (χ0) is 12.5. The van der Waals surface area contributed by atoms with Gasteiger partial charge < -0.3 is 4.90 Å². The molecule has 1 saturated heterocycles. The monoisotopic (exact) mass is 247 g/mol. The fourth-order valence-corrected chi connectivity index (χ4v) is 2.74. The summed E-state index contributed by atoms with van der Waals surface area (Å²) in [6.45, 7) is 5.37. The van der Waals surface area contributed by atoms with Crippen LogP contribution in [0.15, 0.2) is 17.1 Å². The van der Waals surface area contributed by atoms with Crippen molar-refractivity contribution < 1.29 is 0 Å². The molecular formula is C12H17N5O. The van der Waals surface area contributed by atoms with Gasteiger partial charge in [0.1, 0.15) is 0 Å². The van der Waals surface area contributed by atoms with Gasteiger partial charge in [0, 0.05) is 19.1 Å². The molecule has 0 aromatic carbocycles. The summed E-state index contributed by atoms with van der Waals surface area (Å²) >= 11 is 0. The van der Waals surface area contributed by atoms with E-state index in [1.165, 1.54) is 0 Å². The van der Waals surface area contributed by atoms with Gasteiger partial charge in [-0.1, -0.05) is 6.92 Å². The van der Waals surface area contributed by atoms with Gasteiger partial charge in [-0.2, -0.15) is 5.10 Å². The molecular weight excluding hydrogens is 230 g/mol. The van der Waals surface area contributed by atoms with Crippen LogP contribution in [0, 0.1) is 0 Å². The van der Waals surface area contributed by atoms with E-state index in [0.717, 1.165) is 38.0 Å². The van der Waals surface area contributed by atoms with E-state index in [9.17, 15) is 4.79 Å². The summed E-state index contributed by atoms with van der Waals surface area (Å²) in [5.74, 6) is 0. The summed E-state index contributed by atoms with van der Waals surface area (Å²) in [4.78, 5) is 17.2. The van der Waals surface area contributed by atoms with Crippen LogP contribution in [-0.4, -0.2) is 44.3 Å². The minimum atomic E-state index is -0.0690. The molecule has 0 unspecified atom stereocenters. The Bertz CT molecular complexity index is 594. The molecule has 0 radical (unpaired) electrons. The van der Waals surface area contributed by atoms with E-state index in [2.05, 4.69) is 27.0 Å². The van der Waals surface area contributed by atoms with E-state index in [-0.39, 0.29) is 11.7 Å². The fourth-order valence-electron chi connectivity index (χ4n) is 2.74. The topological polar surface area (TPSA) is 66.8 Å². The third-order valence-electron chi connectivity index (χ3n) is 3.77. The van der Waals surface area contributed by atoms with Gasteiger partial charge in [0.2, 0.25) is 0 Å². The maximum atomic E-state index is 12.0. The Morgan fingerprint density at radius 2 is 2.22 bits per heavy atom. The highest BCUT2D eigenvalue weighted by molar-refractivity contribution is 5.69. The average molecular weight is 247 g/mol. The first-order valence-electron chi connectivity index (χ1n) is 6.44. The quantitative estimate of drug-likeness (QED) is 0.851. The Kier molecular flexibility index (Phi) is 2.87. The van der Waals surface area contributed by atoms with Crippen molar-refractivity contribution in [3.8, 4) is 0 Å². The van der Waals surface area contributed by atoms with Crippen LogP contribution < -0.4 is 5.69 Å². The molecule has 18 heavy (non-hydrogen) atoms. The van der Waals surface area contributed by atoms with Gasteiger partial charge in [-0.15, -0.1) is 5.10 Å². The fraction of sp³-hybridized carbons (Fsp3) is 0.583. The van der Waals surface area contributed by atoms with Crippen molar-refractivity contribution in [3.63, 3.8) is 0 Å². The number of nitrogens with zero attached hydrogens (tertiary/aromatic N) is 4. The molecule has 3 rings (SSSR count). The lowest BCUT2D eigenvalue weighted by molar-refractivity contribution is 0.195. The summed E-state index contributed by atoms with van der Waals surface area (Å²) in [6.07, 6.45) is 3.67. The lowest BCUT2D eigenvalue weighted by Crippen LogP contribution is -2.36. The van der Waals surface area contributed by atoms with E-state index in [1.807, 2.05) is 10.6 Å². The molecule has 0 saturated carbocycles. The molecule has 0 atom stereocenters. The van der Waals surface area contributed by atoms with Crippen LogP contribution in [0.4, 0.5) is 0 Å². The molecule has 1 N–H and O–H groups in total. The molecule has 0 spiro atoms. The maximum Gasteiger partial charge on any atom is 0.327 e. The largest absolute Gasteiger partial charge is 0.327 e. The number of fused-ring (bicyclic) bond motifs is 1. The van der Waals surface area contributed by atoms with Crippen LogP contribution in [0.3, 0.4) is 0 Å². The molecule has 3 heterocycles. The highest BCUT2D eigenvalue weighted by atomic mass is 16.1. The number of hydrogen-bond donors (Lipinski definition) is 1. The molecule has 1 aliphatic heterocycles. The van der Waals surface area contributed by atoms with Gasteiger partial charge in [-0.3, -0.25) is 9.55 Å². The van der Waals surface area contributed by atoms with Crippen LogP contribution >= 0.6 is 0 Å². The molecule has 6 nitrogen and oxygen atoms in total. The third kappa shape index (κ3) is 1.82. The number of imidazole rings is 1. The van der Waals surface area contributed by atoms with E-state index >= 15 is 0 Å². The molecule has 0 amide bonds. The minimum Gasteiger partial charge on any atom is -0.303 e. The number of H-pyrrole nitrogens is 1. The summed E-state index contributed by atoms with van der Waals surface area (Å²) in [5, 5.41) is 7.75. The molecule has 1 aliphatic rings. The highest BCUT2D eigenvalue weighted by Crippen LogP contribution is 2.23. The zero-order valence-corrected chi connectivity index (χ0v) is 10.5. The van der Waals surface area contributed by atoms with Gasteiger partial charge in [0.05, 0.1) is 11.7 Å². The van der Waals surface area contributed by atoms with E-state index < -0.39 is 0 Å². The van der Waals surface area contributed by atoms with E-state index in [0.29, 0.717) is 5.65 Å². The van der Waals surface area contributed by atoms with Crippen LogP contribution in [0.1, 0.15) is 25.8 Å². The smallest absolute Gasteiger partial charge is 0.303 e. The maximum absolute atomic E-state index is 12.0. The standard InChI is InChI=1S/C12H17N5O/c1-2-16-7-4-9(5-8-16)17-10-3-6-13-15-11(10)14-12(17)18/h3,6,9H,2,4-5,7-8H2,1H3,(H,14,15,18). The van der Waals surface area contributed by atoms with Crippen molar-refractivity contribution in [2.75, 3.05) is 19.6 Å². The second-order valence-electron chi connectivity index (χ2n) is 4.73. The second kappa shape index (κ2) is 4.53. The zero-order valence-electron chi connectivity index (χ0n) is 10.5. The average Bonchev–Trinajstić information content (AvgIpc) is 2.75. The first-order valence-corrected chi connectivity index (χ1v) is 6.44. The molecule has 0 aliphatic carbocycles. The lowest BCUT2D eigenvalue weighted by atomic mass is 10.0. The molecule has 2 aromatic heterocycles. The summed E-state index contributed by atoms with van der Waals surface area (Å²) in [7, 11) is 0. The van der Waals surface area contributed by atoms with Crippen LogP contribution in [0.2, 0.25) is 0 Å². The number of rotatable bonds is 2. The van der Waals surface area contributed by atoms with Gasteiger partial charge in [-0.25, -0.2) is 4.79 Å². The number of likely N-dealkylation sites (tertiary alicyclic amines) is 1. The molecule has 0 bridgehead atoms. The van der Waals surface area contributed by atoms with Crippen molar-refractivity contribution in [1.82, 2.24) is 24.6 Å². The Morgan fingerprint density at radius 1 is 1.44 bits per heavy atom. The predicted molar refractivity (Wildman–Crippen MR) is 68.5 cm³/mol. The second-order valence-corrected chi connectivity index (χ2v) is 4.73. The Labute approximate surface area is 105 Å². The number of aromatic nitrogens is 4. The van der Waals surface area contributed by atoms with Crippen molar-refractivity contribution in [2.45, 2.75) is 25.8 Å². The number of piperidine rings is 1. The number of hydrogen-bond acceptors (Lipinski definition) is 4. The predicted octanol–water partition coefficient (Wildman–Crippen LogP) is 0.776. The third-order valence-corrected chi connectivity index (χ3v) is 3.77. The van der Waals surface area contributed by atoms with E-state index in [1.54, 1.807) is 6.20 Å². The molecule has 6 heteroatoms. The SMILES string of the molecule is CCN1CCC(n2c(=O)[nH]c3nnccc32)CC1. The molecule has 2 aromatic rings. The number of aromatic amines is 1. The summed E-state index contributed by atoms with van der Waals surface area (Å²) in [6, 6.07) is 2.13. The Morgan fingerprint density at radius 3 is 2.94 bits per heavy atom. The lowest BCUT2D eigenvalue weighted by Gasteiger charge is -2.31. The van der Waals surface area contributed by atoms with Crippen molar-refractivity contribution >= 4 is 11.2 Å². The van der Waals surface area contributed by atoms with Crippen LogP contribution in [0.5, 0.6) is 0 Å². The minimum absolute atomic E-state index is 0.0690. The van der Waals surface area contributed by atoms with Gasteiger partial charge in [0.15, 0.2) is 5.65 Å². The highest BCUT2D eigenvalue weighted by Gasteiger charge is 2.22. The summed E-state index contributed by atoms with van der Waals surface area (Å²) in [5.41, 5.74) is 1.38. The van der Waals surface area contributed by atoms with E-state index in [4.69, 9.17) is 0 Å². The van der Waals surface area contributed by atoms with Crippen molar-refractivity contribution in [2.24, 2.45) is 0 Å². The number of nitrogens with one attached hydrogen (secondary N) is 1. The van der Waals surface area contributed by atoms with Crippen molar-refractivity contribution in [3.05, 3.63) is 22.7 Å². The Hall–Kier alpha value is -1.69.